The quantitative estimate of drug-likeness (QED) is 0.407. The Kier molecular flexibility index (Phi) is 5.23. The molecule has 2 aromatic carbocycles. The lowest BCUT2D eigenvalue weighted by Crippen LogP contribution is -2.33. The molecule has 0 fully saturated rings. The molecule has 1 atom stereocenters. The minimum atomic E-state index is -0.744. The van der Waals surface area contributed by atoms with E-state index in [0.717, 1.165) is 22.1 Å². The number of carbonyl (C=O) groups excluding carboxylic acids is 1. The van der Waals surface area contributed by atoms with E-state index >= 15 is 0 Å². The highest BCUT2D eigenvalue weighted by Gasteiger charge is 2.14. The van der Waals surface area contributed by atoms with Crippen molar-refractivity contribution in [1.82, 2.24) is 5.43 Å². The first kappa shape index (κ1) is 17.6. The van der Waals surface area contributed by atoms with Crippen molar-refractivity contribution < 1.29 is 14.5 Å². The molecule has 0 aliphatic rings. The second kappa shape index (κ2) is 7.75. The molecule has 132 valence electrons. The number of thiophene rings is 1. The number of hydrazone groups is 1. The molecule has 0 saturated carbocycles. The molecule has 26 heavy (non-hydrogen) atoms. The predicted molar refractivity (Wildman–Crippen MR) is 101 cm³/mol. The number of amides is 1. The molecule has 1 heterocycles. The molecule has 0 spiro atoms. The van der Waals surface area contributed by atoms with E-state index in [4.69, 9.17) is 4.74 Å². The smallest absolute Gasteiger partial charge is 0.324 e. The van der Waals surface area contributed by atoms with Crippen LogP contribution in [-0.2, 0) is 4.79 Å². The summed E-state index contributed by atoms with van der Waals surface area (Å²) < 4.78 is 5.65. The van der Waals surface area contributed by atoms with Crippen molar-refractivity contribution in [3.63, 3.8) is 0 Å². The zero-order chi connectivity index (χ0) is 18.5. The molecule has 0 bridgehead atoms. The maximum Gasteiger partial charge on any atom is 0.324 e. The molecule has 8 heteroatoms. The Balaban J connectivity index is 1.58. The number of ether oxygens (including phenoxy) is 1. The second-order valence-electron chi connectivity index (χ2n) is 5.44. The zero-order valence-corrected chi connectivity index (χ0v) is 14.6. The third-order valence-corrected chi connectivity index (χ3v) is 4.53. The summed E-state index contributed by atoms with van der Waals surface area (Å²) in [5.74, 6) is 0.171. The Morgan fingerprint density at radius 3 is 2.73 bits per heavy atom. The number of rotatable bonds is 6. The highest BCUT2D eigenvalue weighted by molar-refractivity contribution is 7.16. The molecule has 0 radical (unpaired) electrons. The van der Waals surface area contributed by atoms with Crippen LogP contribution in [0.1, 0.15) is 11.8 Å². The van der Waals surface area contributed by atoms with Gasteiger partial charge in [-0.3, -0.25) is 14.9 Å². The van der Waals surface area contributed by atoms with Gasteiger partial charge in [-0.25, -0.2) is 5.43 Å². The first-order valence-electron chi connectivity index (χ1n) is 7.75. The molecule has 0 aliphatic carbocycles. The molecule has 0 saturated heterocycles. The Morgan fingerprint density at radius 1 is 1.23 bits per heavy atom. The van der Waals surface area contributed by atoms with Crippen molar-refractivity contribution in [2.75, 3.05) is 0 Å². The number of nitrogens with zero attached hydrogens (tertiary/aromatic N) is 2. The van der Waals surface area contributed by atoms with Crippen LogP contribution in [0.25, 0.3) is 10.8 Å². The van der Waals surface area contributed by atoms with Crippen LogP contribution in [-0.4, -0.2) is 23.1 Å². The van der Waals surface area contributed by atoms with E-state index in [2.05, 4.69) is 10.5 Å². The molecule has 1 aromatic heterocycles. The maximum absolute atomic E-state index is 12.1. The molecule has 3 aromatic rings. The lowest BCUT2D eigenvalue weighted by atomic mass is 10.1. The first-order valence-corrected chi connectivity index (χ1v) is 8.57. The molecule has 0 aliphatic heterocycles. The summed E-state index contributed by atoms with van der Waals surface area (Å²) in [5, 5.41) is 16.6. The summed E-state index contributed by atoms with van der Waals surface area (Å²) in [4.78, 5) is 22.8. The van der Waals surface area contributed by atoms with Crippen molar-refractivity contribution >= 4 is 39.2 Å². The van der Waals surface area contributed by atoms with Crippen LogP contribution >= 0.6 is 11.3 Å². The number of hydrogen-bond donors (Lipinski definition) is 1. The van der Waals surface area contributed by atoms with Gasteiger partial charge in [-0.15, -0.1) is 0 Å². The summed E-state index contributed by atoms with van der Waals surface area (Å²) in [7, 11) is 0. The van der Waals surface area contributed by atoms with Crippen LogP contribution in [0.3, 0.4) is 0 Å². The van der Waals surface area contributed by atoms with Crippen LogP contribution < -0.4 is 10.2 Å². The Bertz CT molecular complexity index is 983. The van der Waals surface area contributed by atoms with E-state index in [0.29, 0.717) is 10.6 Å². The minimum absolute atomic E-state index is 0.0192. The highest BCUT2D eigenvalue weighted by atomic mass is 32.1. The third kappa shape index (κ3) is 4.22. The number of carbonyl (C=O) groups is 1. The number of nitrogens with one attached hydrogen (secondary N) is 1. The molecule has 7 nitrogen and oxygen atoms in total. The van der Waals surface area contributed by atoms with Crippen molar-refractivity contribution in [3.05, 3.63) is 69.6 Å². The number of fused-ring (bicyclic) bond motifs is 1. The van der Waals surface area contributed by atoms with Crippen LogP contribution in [0.2, 0.25) is 0 Å². The van der Waals surface area contributed by atoms with E-state index in [1.54, 1.807) is 19.1 Å². The number of benzene rings is 2. The monoisotopic (exact) mass is 369 g/mol. The Hall–Kier alpha value is -3.26. The molecule has 0 unspecified atom stereocenters. The van der Waals surface area contributed by atoms with Gasteiger partial charge in [0.25, 0.3) is 5.91 Å². The van der Waals surface area contributed by atoms with Gasteiger partial charge in [-0.1, -0.05) is 41.7 Å². The van der Waals surface area contributed by atoms with Crippen LogP contribution in [0.5, 0.6) is 5.75 Å². The lowest BCUT2D eigenvalue weighted by molar-refractivity contribution is -0.380. The average molecular weight is 369 g/mol. The zero-order valence-electron chi connectivity index (χ0n) is 13.8. The fourth-order valence-electron chi connectivity index (χ4n) is 2.26. The minimum Gasteiger partial charge on any atom is -0.481 e. The van der Waals surface area contributed by atoms with Gasteiger partial charge in [0.1, 0.15) is 5.75 Å². The number of hydrogen-bond acceptors (Lipinski definition) is 6. The van der Waals surface area contributed by atoms with Crippen LogP contribution in [0.15, 0.2) is 59.7 Å². The fraction of sp³-hybridized carbons (Fsp3) is 0.111. The fourth-order valence-corrected chi connectivity index (χ4v) is 2.95. The largest absolute Gasteiger partial charge is 0.481 e. The molecule has 1 amide bonds. The van der Waals surface area contributed by atoms with Gasteiger partial charge in [0.15, 0.2) is 6.10 Å². The number of nitro groups is 1. The van der Waals surface area contributed by atoms with Crippen LogP contribution in [0.4, 0.5) is 5.00 Å². The third-order valence-electron chi connectivity index (χ3n) is 3.56. The highest BCUT2D eigenvalue weighted by Crippen LogP contribution is 2.23. The lowest BCUT2D eigenvalue weighted by Gasteiger charge is -2.13. The van der Waals surface area contributed by atoms with E-state index in [-0.39, 0.29) is 5.00 Å². The van der Waals surface area contributed by atoms with E-state index in [1.165, 1.54) is 12.3 Å². The molecule has 1 N–H and O–H groups in total. The Morgan fingerprint density at radius 2 is 2.00 bits per heavy atom. The summed E-state index contributed by atoms with van der Waals surface area (Å²) in [6.45, 7) is 1.62. The SMILES string of the molecule is C[C@@H](Oc1ccc2ccccc2c1)C(=O)N/N=C\c1ccc([N+](=O)[O-])s1. The summed E-state index contributed by atoms with van der Waals surface area (Å²) in [6.07, 6.45) is 0.615. The molecular weight excluding hydrogens is 354 g/mol. The standard InChI is InChI=1S/C18H15N3O4S/c1-12(25-15-7-6-13-4-2-3-5-14(13)10-15)18(22)20-19-11-16-8-9-17(26-16)21(23)24/h2-12H,1H3,(H,20,22)/b19-11-/t12-/m1/s1. The average Bonchev–Trinajstić information content (AvgIpc) is 3.10. The molecule has 3 rings (SSSR count). The van der Waals surface area contributed by atoms with Crippen molar-refractivity contribution in [2.45, 2.75) is 13.0 Å². The van der Waals surface area contributed by atoms with E-state index in [1.807, 2.05) is 36.4 Å². The van der Waals surface area contributed by atoms with E-state index in [9.17, 15) is 14.9 Å². The predicted octanol–water partition coefficient (Wildman–Crippen LogP) is 3.73. The first-order chi connectivity index (χ1) is 12.5. The topological polar surface area (TPSA) is 93.8 Å². The van der Waals surface area contributed by atoms with Crippen molar-refractivity contribution in [1.29, 1.82) is 0 Å². The van der Waals surface area contributed by atoms with Gasteiger partial charge in [-0.05, 0) is 35.9 Å². The summed E-state index contributed by atoms with van der Waals surface area (Å²) >= 11 is 0.974. The second-order valence-corrected chi connectivity index (χ2v) is 6.53. The van der Waals surface area contributed by atoms with Gasteiger partial charge < -0.3 is 4.74 Å². The van der Waals surface area contributed by atoms with Gasteiger partial charge in [0, 0.05) is 6.07 Å². The molecular formula is C18H15N3O4S. The Labute approximate surface area is 153 Å². The van der Waals surface area contributed by atoms with Crippen molar-refractivity contribution in [3.8, 4) is 5.75 Å². The van der Waals surface area contributed by atoms with Crippen molar-refractivity contribution in [2.24, 2.45) is 5.10 Å². The normalized spacial score (nSPS) is 12.2. The van der Waals surface area contributed by atoms with Gasteiger partial charge in [0.2, 0.25) is 0 Å². The summed E-state index contributed by atoms with van der Waals surface area (Å²) in [5.41, 5.74) is 2.37. The summed E-state index contributed by atoms with van der Waals surface area (Å²) in [6, 6.07) is 16.4. The van der Waals surface area contributed by atoms with Gasteiger partial charge in [-0.2, -0.15) is 5.10 Å². The van der Waals surface area contributed by atoms with Gasteiger partial charge in [0.05, 0.1) is 16.0 Å². The van der Waals surface area contributed by atoms with E-state index < -0.39 is 16.9 Å². The van der Waals surface area contributed by atoms with Gasteiger partial charge >= 0.3 is 5.00 Å². The van der Waals surface area contributed by atoms with Crippen LogP contribution in [0, 0.1) is 10.1 Å². The maximum atomic E-state index is 12.1.